The van der Waals surface area contributed by atoms with E-state index in [0.717, 1.165) is 23.1 Å². The zero-order valence-electron chi connectivity index (χ0n) is 11.2. The van der Waals surface area contributed by atoms with Gasteiger partial charge >= 0.3 is 0 Å². The van der Waals surface area contributed by atoms with E-state index in [1.54, 1.807) is 12.3 Å². The summed E-state index contributed by atoms with van der Waals surface area (Å²) in [4.78, 5) is 4.09. The van der Waals surface area contributed by atoms with Gasteiger partial charge in [-0.05, 0) is 55.3 Å². The average Bonchev–Trinajstić information content (AvgIpc) is 2.39. The van der Waals surface area contributed by atoms with Gasteiger partial charge in [-0.2, -0.15) is 0 Å². The minimum atomic E-state index is -0.211. The third-order valence-corrected chi connectivity index (χ3v) is 3.31. The van der Waals surface area contributed by atoms with Crippen LogP contribution in [0, 0.1) is 12.7 Å². The van der Waals surface area contributed by atoms with Gasteiger partial charge in [-0.25, -0.2) is 9.37 Å². The summed E-state index contributed by atoms with van der Waals surface area (Å²) in [5, 5.41) is 3.25. The molecule has 0 bridgehead atoms. The minimum Gasteiger partial charge on any atom is -0.383 e. The molecule has 2 rings (SSSR count). The third-order valence-electron chi connectivity index (χ3n) is 3.31. The van der Waals surface area contributed by atoms with Crippen molar-refractivity contribution in [3.63, 3.8) is 0 Å². The van der Waals surface area contributed by atoms with Crippen LogP contribution in [0.4, 0.5) is 10.2 Å². The van der Waals surface area contributed by atoms with Crippen LogP contribution >= 0.6 is 0 Å². The second-order valence-corrected chi connectivity index (χ2v) is 4.59. The van der Waals surface area contributed by atoms with E-state index in [2.05, 4.69) is 10.3 Å². The lowest BCUT2D eigenvalue weighted by Crippen LogP contribution is -2.20. The summed E-state index contributed by atoms with van der Waals surface area (Å²) >= 11 is 0. The molecule has 0 aliphatic rings. The van der Waals surface area contributed by atoms with Gasteiger partial charge in [-0.1, -0.05) is 12.1 Å². The van der Waals surface area contributed by atoms with Crippen molar-refractivity contribution in [1.29, 1.82) is 0 Å². The molecular weight excluding hydrogens is 241 g/mol. The first-order valence-electron chi connectivity index (χ1n) is 6.24. The van der Waals surface area contributed by atoms with Crippen molar-refractivity contribution in [2.24, 2.45) is 0 Å². The Kier molecular flexibility index (Phi) is 4.12. The fourth-order valence-corrected chi connectivity index (χ4v) is 2.24. The van der Waals surface area contributed by atoms with Crippen molar-refractivity contribution < 1.29 is 4.39 Å². The fourth-order valence-electron chi connectivity index (χ4n) is 2.24. The molecule has 1 aromatic heterocycles. The molecule has 1 atom stereocenters. The number of hydrogen-bond donors (Lipinski definition) is 2. The van der Waals surface area contributed by atoms with Gasteiger partial charge in [0.1, 0.15) is 11.6 Å². The number of nitrogen functional groups attached to an aromatic ring is 1. The van der Waals surface area contributed by atoms with Gasteiger partial charge in [0, 0.05) is 12.2 Å². The van der Waals surface area contributed by atoms with E-state index in [1.807, 2.05) is 32.2 Å². The standard InChI is InChI=1S/C15H18FN3/c1-10-8-12(16)5-6-13(10)14(18-2)9-11-4-3-7-19-15(11)17/h3-8,14,18H,9H2,1-2H3,(H2,17,19). The second-order valence-electron chi connectivity index (χ2n) is 4.59. The number of halogens is 1. The number of nitrogens with one attached hydrogen (secondary N) is 1. The van der Waals surface area contributed by atoms with Crippen LogP contribution in [0.2, 0.25) is 0 Å². The first-order chi connectivity index (χ1) is 9.11. The molecule has 100 valence electrons. The first kappa shape index (κ1) is 13.5. The summed E-state index contributed by atoms with van der Waals surface area (Å²) < 4.78 is 13.2. The smallest absolute Gasteiger partial charge is 0.126 e. The topological polar surface area (TPSA) is 50.9 Å². The molecule has 1 unspecified atom stereocenters. The summed E-state index contributed by atoms with van der Waals surface area (Å²) in [6, 6.07) is 8.78. The van der Waals surface area contributed by atoms with E-state index in [4.69, 9.17) is 5.73 Å². The molecule has 3 N–H and O–H groups in total. The summed E-state index contributed by atoms with van der Waals surface area (Å²) in [7, 11) is 1.89. The van der Waals surface area contributed by atoms with Gasteiger partial charge in [0.15, 0.2) is 0 Å². The highest BCUT2D eigenvalue weighted by Crippen LogP contribution is 2.23. The van der Waals surface area contributed by atoms with E-state index in [-0.39, 0.29) is 11.9 Å². The number of likely N-dealkylation sites (N-methyl/N-ethyl adjacent to an activating group) is 1. The van der Waals surface area contributed by atoms with Crippen molar-refractivity contribution in [1.82, 2.24) is 10.3 Å². The second kappa shape index (κ2) is 5.80. The number of aromatic nitrogens is 1. The maximum absolute atomic E-state index is 13.2. The van der Waals surface area contributed by atoms with Gasteiger partial charge in [-0.3, -0.25) is 0 Å². The SMILES string of the molecule is CNC(Cc1cccnc1N)c1ccc(F)cc1C. The number of hydrogen-bond acceptors (Lipinski definition) is 3. The number of benzene rings is 1. The number of pyridine rings is 1. The number of anilines is 1. The van der Waals surface area contributed by atoms with Gasteiger partial charge in [0.25, 0.3) is 0 Å². The highest BCUT2D eigenvalue weighted by atomic mass is 19.1. The Morgan fingerprint density at radius 1 is 1.37 bits per heavy atom. The molecule has 4 heteroatoms. The monoisotopic (exact) mass is 259 g/mol. The molecule has 2 aromatic rings. The Balaban J connectivity index is 2.28. The van der Waals surface area contributed by atoms with Gasteiger partial charge in [0.05, 0.1) is 0 Å². The molecular formula is C15H18FN3. The molecule has 0 spiro atoms. The molecule has 19 heavy (non-hydrogen) atoms. The Labute approximate surface area is 112 Å². The van der Waals surface area contributed by atoms with Gasteiger partial charge < -0.3 is 11.1 Å². The van der Waals surface area contributed by atoms with Crippen molar-refractivity contribution in [2.75, 3.05) is 12.8 Å². The molecule has 0 aliphatic carbocycles. The Bertz CT molecular complexity index is 569. The summed E-state index contributed by atoms with van der Waals surface area (Å²) in [6.07, 6.45) is 2.40. The van der Waals surface area contributed by atoms with E-state index < -0.39 is 0 Å². The highest BCUT2D eigenvalue weighted by Gasteiger charge is 2.14. The molecule has 0 aliphatic heterocycles. The first-order valence-corrected chi connectivity index (χ1v) is 6.24. The van der Waals surface area contributed by atoms with Crippen molar-refractivity contribution in [2.45, 2.75) is 19.4 Å². The summed E-state index contributed by atoms with van der Waals surface area (Å²) in [5.74, 6) is 0.333. The van der Waals surface area contributed by atoms with E-state index >= 15 is 0 Å². The lowest BCUT2D eigenvalue weighted by molar-refractivity contribution is 0.582. The van der Waals surface area contributed by atoms with Crippen LogP contribution in [0.25, 0.3) is 0 Å². The largest absolute Gasteiger partial charge is 0.383 e. The lowest BCUT2D eigenvalue weighted by Gasteiger charge is -2.19. The number of aryl methyl sites for hydroxylation is 1. The normalized spacial score (nSPS) is 12.4. The quantitative estimate of drug-likeness (QED) is 0.887. The molecule has 0 saturated carbocycles. The van der Waals surface area contributed by atoms with Crippen LogP contribution in [0.5, 0.6) is 0 Å². The molecule has 1 aromatic carbocycles. The molecule has 3 nitrogen and oxygen atoms in total. The molecule has 1 heterocycles. The van der Waals surface area contributed by atoms with E-state index in [0.29, 0.717) is 5.82 Å². The lowest BCUT2D eigenvalue weighted by atomic mass is 9.95. The zero-order chi connectivity index (χ0) is 13.8. The van der Waals surface area contributed by atoms with Crippen LogP contribution in [0.15, 0.2) is 36.5 Å². The fraction of sp³-hybridized carbons (Fsp3) is 0.267. The highest BCUT2D eigenvalue weighted by molar-refractivity contribution is 5.40. The minimum absolute atomic E-state index is 0.0899. The predicted octanol–water partition coefficient (Wildman–Crippen LogP) is 2.61. The summed E-state index contributed by atoms with van der Waals surface area (Å²) in [6.45, 7) is 1.91. The summed E-state index contributed by atoms with van der Waals surface area (Å²) in [5.41, 5.74) is 8.86. The predicted molar refractivity (Wildman–Crippen MR) is 75.3 cm³/mol. The van der Waals surface area contributed by atoms with Gasteiger partial charge in [0.2, 0.25) is 0 Å². The van der Waals surface area contributed by atoms with Crippen molar-refractivity contribution in [3.8, 4) is 0 Å². The van der Waals surface area contributed by atoms with Crippen molar-refractivity contribution in [3.05, 3.63) is 59.0 Å². The third kappa shape index (κ3) is 3.09. The Hall–Kier alpha value is -1.94. The number of rotatable bonds is 4. The molecule has 0 amide bonds. The van der Waals surface area contributed by atoms with Crippen LogP contribution in [0.1, 0.15) is 22.7 Å². The van der Waals surface area contributed by atoms with Crippen LogP contribution in [-0.2, 0) is 6.42 Å². The van der Waals surface area contributed by atoms with Crippen molar-refractivity contribution >= 4 is 5.82 Å². The van der Waals surface area contributed by atoms with Crippen LogP contribution in [-0.4, -0.2) is 12.0 Å². The Morgan fingerprint density at radius 3 is 2.79 bits per heavy atom. The molecule has 0 radical (unpaired) electrons. The van der Waals surface area contributed by atoms with Crippen LogP contribution < -0.4 is 11.1 Å². The zero-order valence-corrected chi connectivity index (χ0v) is 11.2. The Morgan fingerprint density at radius 2 is 2.16 bits per heavy atom. The molecule has 0 saturated heterocycles. The average molecular weight is 259 g/mol. The van der Waals surface area contributed by atoms with Crippen LogP contribution in [0.3, 0.4) is 0 Å². The number of nitrogens with zero attached hydrogens (tertiary/aromatic N) is 1. The maximum atomic E-state index is 13.2. The van der Waals surface area contributed by atoms with E-state index in [1.165, 1.54) is 6.07 Å². The molecule has 0 fully saturated rings. The maximum Gasteiger partial charge on any atom is 0.126 e. The van der Waals surface area contributed by atoms with E-state index in [9.17, 15) is 4.39 Å². The van der Waals surface area contributed by atoms with Gasteiger partial charge in [-0.15, -0.1) is 0 Å². The number of nitrogens with two attached hydrogens (primary N) is 1.